The quantitative estimate of drug-likeness (QED) is 0.921. The van der Waals surface area contributed by atoms with Gasteiger partial charge in [-0.1, -0.05) is 13.0 Å². The summed E-state index contributed by atoms with van der Waals surface area (Å²) in [6, 6.07) is 5.70. The van der Waals surface area contributed by atoms with Crippen LogP contribution in [0.15, 0.2) is 18.2 Å². The van der Waals surface area contributed by atoms with Gasteiger partial charge >= 0.3 is 6.03 Å². The van der Waals surface area contributed by atoms with E-state index in [0.29, 0.717) is 32.9 Å². The number of carbonyl (C=O) groups excluding carboxylic acids is 1. The molecule has 0 aromatic heterocycles. The SMILES string of the molecule is CCCOc1cc(C)ccc1NC(=O)N1CCOCC1. The van der Waals surface area contributed by atoms with Crippen molar-refractivity contribution < 1.29 is 14.3 Å². The average Bonchev–Trinajstić information content (AvgIpc) is 2.48. The summed E-state index contributed by atoms with van der Waals surface area (Å²) in [5.74, 6) is 0.730. The molecule has 0 aliphatic carbocycles. The number of nitrogens with zero attached hydrogens (tertiary/aromatic N) is 1. The van der Waals surface area contributed by atoms with Crippen molar-refractivity contribution >= 4 is 11.7 Å². The third kappa shape index (κ3) is 3.87. The van der Waals surface area contributed by atoms with E-state index in [9.17, 15) is 4.79 Å². The molecule has 0 saturated carbocycles. The van der Waals surface area contributed by atoms with Crippen molar-refractivity contribution in [1.82, 2.24) is 4.90 Å². The fourth-order valence-electron chi connectivity index (χ4n) is 2.02. The van der Waals surface area contributed by atoms with E-state index in [1.165, 1.54) is 0 Å². The maximum absolute atomic E-state index is 12.2. The zero-order valence-corrected chi connectivity index (χ0v) is 12.1. The molecule has 0 bridgehead atoms. The first-order chi connectivity index (χ1) is 9.70. The second kappa shape index (κ2) is 7.14. The summed E-state index contributed by atoms with van der Waals surface area (Å²) >= 11 is 0. The van der Waals surface area contributed by atoms with E-state index in [1.54, 1.807) is 4.90 Å². The van der Waals surface area contributed by atoms with Crippen molar-refractivity contribution in [2.45, 2.75) is 20.3 Å². The minimum absolute atomic E-state index is 0.0986. The second-order valence-corrected chi connectivity index (χ2v) is 4.88. The summed E-state index contributed by atoms with van der Waals surface area (Å²) in [5, 5.41) is 2.92. The number of urea groups is 1. The van der Waals surface area contributed by atoms with Gasteiger partial charge in [-0.2, -0.15) is 0 Å². The Labute approximate surface area is 119 Å². The predicted molar refractivity (Wildman–Crippen MR) is 78.4 cm³/mol. The number of morpholine rings is 1. The van der Waals surface area contributed by atoms with Crippen molar-refractivity contribution in [1.29, 1.82) is 0 Å². The van der Waals surface area contributed by atoms with E-state index in [-0.39, 0.29) is 6.03 Å². The molecule has 2 rings (SSSR count). The minimum atomic E-state index is -0.0986. The molecule has 110 valence electrons. The van der Waals surface area contributed by atoms with Gasteiger partial charge in [-0.05, 0) is 31.0 Å². The van der Waals surface area contributed by atoms with Gasteiger partial charge in [0.25, 0.3) is 0 Å². The van der Waals surface area contributed by atoms with Crippen LogP contribution in [0.3, 0.4) is 0 Å². The molecule has 5 heteroatoms. The van der Waals surface area contributed by atoms with Gasteiger partial charge in [0.2, 0.25) is 0 Å². The first-order valence-electron chi connectivity index (χ1n) is 7.08. The molecule has 1 aromatic rings. The molecule has 1 aliphatic heterocycles. The molecule has 1 N–H and O–H groups in total. The Balaban J connectivity index is 2.05. The highest BCUT2D eigenvalue weighted by atomic mass is 16.5. The lowest BCUT2D eigenvalue weighted by atomic mass is 10.2. The van der Waals surface area contributed by atoms with Gasteiger partial charge in [0.15, 0.2) is 0 Å². The van der Waals surface area contributed by atoms with Crippen LogP contribution in [-0.2, 0) is 4.74 Å². The van der Waals surface area contributed by atoms with Crippen LogP contribution in [0.4, 0.5) is 10.5 Å². The monoisotopic (exact) mass is 278 g/mol. The maximum atomic E-state index is 12.2. The Morgan fingerprint density at radius 3 is 2.85 bits per heavy atom. The lowest BCUT2D eigenvalue weighted by Gasteiger charge is -2.27. The summed E-state index contributed by atoms with van der Waals surface area (Å²) in [5.41, 5.74) is 1.83. The maximum Gasteiger partial charge on any atom is 0.322 e. The average molecular weight is 278 g/mol. The Bertz CT molecular complexity index is 456. The largest absolute Gasteiger partial charge is 0.491 e. The molecular formula is C15H22N2O3. The predicted octanol–water partition coefficient (Wildman–Crippen LogP) is 2.65. The third-order valence-corrected chi connectivity index (χ3v) is 3.14. The topological polar surface area (TPSA) is 50.8 Å². The van der Waals surface area contributed by atoms with Gasteiger partial charge in [0, 0.05) is 13.1 Å². The van der Waals surface area contributed by atoms with Gasteiger partial charge in [-0.3, -0.25) is 0 Å². The van der Waals surface area contributed by atoms with Gasteiger partial charge in [0.05, 0.1) is 25.5 Å². The fraction of sp³-hybridized carbons (Fsp3) is 0.533. The van der Waals surface area contributed by atoms with Crippen molar-refractivity contribution in [2.75, 3.05) is 38.2 Å². The van der Waals surface area contributed by atoms with Crippen LogP contribution in [0.25, 0.3) is 0 Å². The van der Waals surface area contributed by atoms with Gasteiger partial charge in [0.1, 0.15) is 5.75 Å². The zero-order valence-electron chi connectivity index (χ0n) is 12.1. The number of hydrogen-bond donors (Lipinski definition) is 1. The first-order valence-corrected chi connectivity index (χ1v) is 7.08. The molecule has 1 heterocycles. The number of amides is 2. The summed E-state index contributed by atoms with van der Waals surface area (Å²) in [7, 11) is 0. The number of ether oxygens (including phenoxy) is 2. The Kier molecular flexibility index (Phi) is 5.24. The smallest absolute Gasteiger partial charge is 0.322 e. The number of benzene rings is 1. The van der Waals surface area contributed by atoms with Crippen molar-refractivity contribution in [3.63, 3.8) is 0 Å². The van der Waals surface area contributed by atoms with E-state index < -0.39 is 0 Å². The van der Waals surface area contributed by atoms with Crippen LogP contribution in [0.1, 0.15) is 18.9 Å². The minimum Gasteiger partial charge on any atom is -0.491 e. The Hall–Kier alpha value is -1.75. The standard InChI is InChI=1S/C15H22N2O3/c1-3-8-20-14-11-12(2)4-5-13(14)16-15(18)17-6-9-19-10-7-17/h4-5,11H,3,6-10H2,1-2H3,(H,16,18). The number of rotatable bonds is 4. The lowest BCUT2D eigenvalue weighted by molar-refractivity contribution is 0.0564. The Morgan fingerprint density at radius 1 is 1.40 bits per heavy atom. The Morgan fingerprint density at radius 2 is 2.15 bits per heavy atom. The van der Waals surface area contributed by atoms with E-state index in [4.69, 9.17) is 9.47 Å². The molecule has 2 amide bonds. The summed E-state index contributed by atoms with van der Waals surface area (Å²) in [4.78, 5) is 13.9. The van der Waals surface area contributed by atoms with E-state index in [1.807, 2.05) is 25.1 Å². The molecule has 1 fully saturated rings. The normalized spacial score (nSPS) is 15.0. The van der Waals surface area contributed by atoms with Gasteiger partial charge < -0.3 is 19.7 Å². The van der Waals surface area contributed by atoms with E-state index in [2.05, 4.69) is 12.2 Å². The van der Waals surface area contributed by atoms with Gasteiger partial charge in [-0.25, -0.2) is 4.79 Å². The van der Waals surface area contributed by atoms with Crippen LogP contribution in [0, 0.1) is 6.92 Å². The molecule has 0 atom stereocenters. The summed E-state index contributed by atoms with van der Waals surface area (Å²) < 4.78 is 10.9. The van der Waals surface area contributed by atoms with Crippen molar-refractivity contribution in [3.05, 3.63) is 23.8 Å². The highest BCUT2D eigenvalue weighted by molar-refractivity contribution is 5.91. The van der Waals surface area contributed by atoms with Crippen LogP contribution < -0.4 is 10.1 Å². The molecule has 0 unspecified atom stereocenters. The molecule has 20 heavy (non-hydrogen) atoms. The molecule has 1 aromatic carbocycles. The number of anilines is 1. The van der Waals surface area contributed by atoms with Crippen LogP contribution in [0.2, 0.25) is 0 Å². The van der Waals surface area contributed by atoms with Crippen molar-refractivity contribution in [3.8, 4) is 5.75 Å². The summed E-state index contributed by atoms with van der Waals surface area (Å²) in [6.45, 7) is 7.16. The highest BCUT2D eigenvalue weighted by Crippen LogP contribution is 2.26. The van der Waals surface area contributed by atoms with E-state index in [0.717, 1.165) is 23.4 Å². The molecule has 0 spiro atoms. The number of carbonyl (C=O) groups is 1. The van der Waals surface area contributed by atoms with Crippen molar-refractivity contribution in [2.24, 2.45) is 0 Å². The molecule has 5 nitrogen and oxygen atoms in total. The first kappa shape index (κ1) is 14.7. The lowest BCUT2D eigenvalue weighted by Crippen LogP contribution is -2.43. The molecule has 1 aliphatic rings. The number of hydrogen-bond acceptors (Lipinski definition) is 3. The number of nitrogens with one attached hydrogen (secondary N) is 1. The zero-order chi connectivity index (χ0) is 14.4. The van der Waals surface area contributed by atoms with Gasteiger partial charge in [-0.15, -0.1) is 0 Å². The molecule has 1 saturated heterocycles. The highest BCUT2D eigenvalue weighted by Gasteiger charge is 2.18. The van der Waals surface area contributed by atoms with Crippen LogP contribution in [-0.4, -0.2) is 43.8 Å². The van der Waals surface area contributed by atoms with E-state index >= 15 is 0 Å². The van der Waals surface area contributed by atoms with Crippen LogP contribution in [0.5, 0.6) is 5.75 Å². The molecular weight excluding hydrogens is 256 g/mol. The fourth-order valence-corrected chi connectivity index (χ4v) is 2.02. The number of aryl methyl sites for hydroxylation is 1. The molecule has 0 radical (unpaired) electrons. The van der Waals surface area contributed by atoms with Crippen LogP contribution >= 0.6 is 0 Å². The summed E-state index contributed by atoms with van der Waals surface area (Å²) in [6.07, 6.45) is 0.935. The second-order valence-electron chi connectivity index (χ2n) is 4.88. The third-order valence-electron chi connectivity index (χ3n) is 3.14.